The lowest BCUT2D eigenvalue weighted by Gasteiger charge is -2.18. The van der Waals surface area contributed by atoms with Gasteiger partial charge in [0.05, 0.1) is 0 Å². The number of hydrogen-bond donors (Lipinski definition) is 0. The van der Waals surface area contributed by atoms with Crippen LogP contribution >= 0.6 is 0 Å². The normalized spacial score (nSPS) is 11.5. The highest BCUT2D eigenvalue weighted by atomic mass is 14.2. The molecule has 0 amide bonds. The highest BCUT2D eigenvalue weighted by molar-refractivity contribution is 6.18. The van der Waals surface area contributed by atoms with Crippen LogP contribution < -0.4 is 0 Å². The molecule has 0 atom stereocenters. The van der Waals surface area contributed by atoms with Gasteiger partial charge in [-0.25, -0.2) is 0 Å². The van der Waals surface area contributed by atoms with Crippen LogP contribution in [0, 0.1) is 0 Å². The van der Waals surface area contributed by atoms with Crippen molar-refractivity contribution >= 4 is 43.1 Å². The van der Waals surface area contributed by atoms with Gasteiger partial charge in [-0.2, -0.15) is 0 Å². The third-order valence-corrected chi connectivity index (χ3v) is 8.52. The summed E-state index contributed by atoms with van der Waals surface area (Å²) in [5.41, 5.74) is 7.83. The summed E-state index contributed by atoms with van der Waals surface area (Å²) in [6, 6.07) is 57.7. The second-order valence-corrected chi connectivity index (χ2v) is 10.9. The van der Waals surface area contributed by atoms with E-state index in [-0.39, 0.29) is 0 Å². The van der Waals surface area contributed by atoms with Gasteiger partial charge >= 0.3 is 0 Å². The summed E-state index contributed by atoms with van der Waals surface area (Å²) in [6.45, 7) is 0. The molecule has 0 bridgehead atoms. The Balaban J connectivity index is 1.27. The van der Waals surface area contributed by atoms with E-state index < -0.39 is 0 Å². The molecular formula is C41H28. The lowest BCUT2D eigenvalue weighted by atomic mass is 9.85. The van der Waals surface area contributed by atoms with Gasteiger partial charge in [0.15, 0.2) is 0 Å². The van der Waals surface area contributed by atoms with E-state index in [1.54, 1.807) is 0 Å². The van der Waals surface area contributed by atoms with Gasteiger partial charge in [0.25, 0.3) is 0 Å². The lowest BCUT2D eigenvalue weighted by molar-refractivity contribution is 1.23. The van der Waals surface area contributed by atoms with Gasteiger partial charge in [-0.15, -0.1) is 0 Å². The number of fused-ring (bicyclic) bond motifs is 4. The zero-order valence-electron chi connectivity index (χ0n) is 22.7. The highest BCUT2D eigenvalue weighted by Crippen LogP contribution is 2.42. The monoisotopic (exact) mass is 520 g/mol. The Kier molecular flexibility index (Phi) is 5.64. The molecular weight excluding hydrogens is 492 g/mol. The van der Waals surface area contributed by atoms with Gasteiger partial charge in [-0.3, -0.25) is 0 Å². The molecule has 41 heavy (non-hydrogen) atoms. The Labute approximate surface area is 240 Å². The molecule has 8 rings (SSSR count). The predicted molar refractivity (Wildman–Crippen MR) is 177 cm³/mol. The Hall–Kier alpha value is -5.20. The van der Waals surface area contributed by atoms with Crippen LogP contribution in [0.2, 0.25) is 0 Å². The summed E-state index contributed by atoms with van der Waals surface area (Å²) >= 11 is 0. The Morgan fingerprint density at radius 1 is 0.341 bits per heavy atom. The quantitative estimate of drug-likeness (QED) is 0.202. The van der Waals surface area contributed by atoms with E-state index in [1.165, 1.54) is 76.5 Å². The molecule has 0 radical (unpaired) electrons. The summed E-state index contributed by atoms with van der Waals surface area (Å²) in [4.78, 5) is 0. The van der Waals surface area contributed by atoms with Crippen LogP contribution in [0.15, 0.2) is 158 Å². The second-order valence-electron chi connectivity index (χ2n) is 10.9. The third kappa shape index (κ3) is 4.08. The molecule has 0 aliphatic rings. The first-order chi connectivity index (χ1) is 20.3. The fraction of sp³-hybridized carbons (Fsp3) is 0.0244. The van der Waals surface area contributed by atoms with Crippen molar-refractivity contribution in [1.29, 1.82) is 0 Å². The lowest BCUT2D eigenvalue weighted by Crippen LogP contribution is -1.96. The van der Waals surface area contributed by atoms with Crippen molar-refractivity contribution in [2.45, 2.75) is 6.42 Å². The van der Waals surface area contributed by atoms with Gasteiger partial charge in [-0.1, -0.05) is 152 Å². The van der Waals surface area contributed by atoms with Crippen LogP contribution in [0.5, 0.6) is 0 Å². The van der Waals surface area contributed by atoms with Gasteiger partial charge < -0.3 is 0 Å². The average molecular weight is 521 g/mol. The number of rotatable bonds is 4. The van der Waals surface area contributed by atoms with Crippen LogP contribution in [0.4, 0.5) is 0 Å². The van der Waals surface area contributed by atoms with Gasteiger partial charge in [0.2, 0.25) is 0 Å². The minimum absolute atomic E-state index is 0.884. The maximum atomic E-state index is 2.30. The van der Waals surface area contributed by atoms with Gasteiger partial charge in [0.1, 0.15) is 0 Å². The maximum absolute atomic E-state index is 2.30. The van der Waals surface area contributed by atoms with Crippen molar-refractivity contribution in [3.63, 3.8) is 0 Å². The molecule has 0 N–H and O–H groups in total. The van der Waals surface area contributed by atoms with Crippen molar-refractivity contribution in [3.05, 3.63) is 169 Å². The Bertz CT molecular complexity index is 2160. The molecule has 8 aromatic rings. The topological polar surface area (TPSA) is 0 Å². The Morgan fingerprint density at radius 3 is 1.59 bits per heavy atom. The number of hydrogen-bond acceptors (Lipinski definition) is 0. The van der Waals surface area contributed by atoms with E-state index >= 15 is 0 Å². The SMILES string of the molecule is c1ccc2cc(-c3ccc(Cc4c5ccccc5c(-c5cccc6ccccc56)c5ccccc45)cc3)ccc2c1. The van der Waals surface area contributed by atoms with Gasteiger partial charge in [-0.05, 0) is 89.0 Å². The second kappa shape index (κ2) is 9.77. The first-order valence-corrected chi connectivity index (χ1v) is 14.3. The molecule has 8 aromatic carbocycles. The fourth-order valence-corrected chi connectivity index (χ4v) is 6.53. The smallest absolute Gasteiger partial charge is 0.00134 e. The van der Waals surface area contributed by atoms with E-state index in [1.807, 2.05) is 0 Å². The van der Waals surface area contributed by atoms with Crippen molar-refractivity contribution in [3.8, 4) is 22.3 Å². The fourth-order valence-electron chi connectivity index (χ4n) is 6.53. The summed E-state index contributed by atoms with van der Waals surface area (Å²) in [5, 5.41) is 10.4. The average Bonchev–Trinajstić information content (AvgIpc) is 3.05. The molecule has 0 spiro atoms. The molecule has 0 saturated heterocycles. The van der Waals surface area contributed by atoms with E-state index in [4.69, 9.17) is 0 Å². The van der Waals surface area contributed by atoms with Crippen LogP contribution in [-0.2, 0) is 6.42 Å². The van der Waals surface area contributed by atoms with E-state index in [2.05, 4.69) is 158 Å². The molecule has 0 aliphatic heterocycles. The summed E-state index contributed by atoms with van der Waals surface area (Å²) in [5.74, 6) is 0. The third-order valence-electron chi connectivity index (χ3n) is 8.52. The van der Waals surface area contributed by atoms with Crippen LogP contribution in [-0.4, -0.2) is 0 Å². The molecule has 0 aromatic heterocycles. The molecule has 0 fully saturated rings. The molecule has 0 heterocycles. The van der Waals surface area contributed by atoms with Gasteiger partial charge in [0, 0.05) is 0 Å². The molecule has 192 valence electrons. The minimum Gasteiger partial charge on any atom is -0.0616 e. The minimum atomic E-state index is 0.884. The van der Waals surface area contributed by atoms with Crippen LogP contribution in [0.25, 0.3) is 65.3 Å². The zero-order chi connectivity index (χ0) is 27.2. The van der Waals surface area contributed by atoms with Crippen LogP contribution in [0.3, 0.4) is 0 Å². The standard InChI is InChI=1S/C41H28/c1-2-12-32-27-33(25-24-29(32)10-1)30-22-20-28(21-23-30)26-40-35-15-5-7-17-38(35)41(39-18-8-6-16-36(39)40)37-19-9-13-31-11-3-4-14-34(31)37/h1-25,27H,26H2. The zero-order valence-corrected chi connectivity index (χ0v) is 22.7. The predicted octanol–water partition coefficient (Wildman–Crippen LogP) is 11.2. The number of benzene rings is 8. The van der Waals surface area contributed by atoms with E-state index in [9.17, 15) is 0 Å². The maximum Gasteiger partial charge on any atom is -0.00134 e. The largest absolute Gasteiger partial charge is 0.0616 e. The summed E-state index contributed by atoms with van der Waals surface area (Å²) < 4.78 is 0. The molecule has 0 nitrogen and oxygen atoms in total. The molecule has 0 saturated carbocycles. The van der Waals surface area contributed by atoms with Crippen molar-refractivity contribution in [1.82, 2.24) is 0 Å². The molecule has 0 heteroatoms. The first kappa shape index (κ1) is 23.7. The molecule has 0 aliphatic carbocycles. The summed E-state index contributed by atoms with van der Waals surface area (Å²) in [7, 11) is 0. The van der Waals surface area contributed by atoms with E-state index in [0.29, 0.717) is 0 Å². The van der Waals surface area contributed by atoms with E-state index in [0.717, 1.165) is 6.42 Å². The highest BCUT2D eigenvalue weighted by Gasteiger charge is 2.17. The van der Waals surface area contributed by atoms with Crippen molar-refractivity contribution in [2.75, 3.05) is 0 Å². The van der Waals surface area contributed by atoms with Crippen molar-refractivity contribution < 1.29 is 0 Å². The Morgan fingerprint density at radius 2 is 0.878 bits per heavy atom. The van der Waals surface area contributed by atoms with Crippen LogP contribution in [0.1, 0.15) is 11.1 Å². The first-order valence-electron chi connectivity index (χ1n) is 14.3. The molecule has 0 unspecified atom stereocenters. The van der Waals surface area contributed by atoms with Crippen molar-refractivity contribution in [2.24, 2.45) is 0 Å². The summed E-state index contributed by atoms with van der Waals surface area (Å²) in [6.07, 6.45) is 0.884.